The second-order valence-electron chi connectivity index (χ2n) is 8.44. The maximum Gasteiger partial charge on any atom is 0.167 e. The third-order valence-electron chi connectivity index (χ3n) is 6.28. The van der Waals surface area contributed by atoms with E-state index in [4.69, 9.17) is 9.47 Å². The molecule has 1 saturated heterocycles. The smallest absolute Gasteiger partial charge is 0.167 e. The van der Waals surface area contributed by atoms with Gasteiger partial charge in [-0.3, -0.25) is 4.57 Å². The molecule has 10 nitrogen and oxygen atoms in total. The van der Waals surface area contributed by atoms with Crippen molar-refractivity contribution in [3.05, 3.63) is 48.3 Å². The van der Waals surface area contributed by atoms with Crippen LogP contribution in [0.25, 0.3) is 11.2 Å². The maximum absolute atomic E-state index is 13.4. The molecule has 0 amide bonds. The highest BCUT2D eigenvalue weighted by atomic mass is 19.1. The van der Waals surface area contributed by atoms with E-state index in [-0.39, 0.29) is 18.0 Å². The van der Waals surface area contributed by atoms with E-state index >= 15 is 0 Å². The lowest BCUT2D eigenvalue weighted by molar-refractivity contribution is -0.0511. The molecule has 5 rings (SSSR count). The first kappa shape index (κ1) is 22.1. The van der Waals surface area contributed by atoms with Gasteiger partial charge in [-0.15, -0.1) is 0 Å². The summed E-state index contributed by atoms with van der Waals surface area (Å²) in [4.78, 5) is 13.0. The average molecular weight is 459 g/mol. The van der Waals surface area contributed by atoms with E-state index in [0.717, 1.165) is 24.8 Å². The molecule has 1 aliphatic heterocycles. The Bertz CT molecular complexity index is 1110. The summed E-state index contributed by atoms with van der Waals surface area (Å²) >= 11 is 0. The molecule has 3 aromatic rings. The van der Waals surface area contributed by atoms with Crippen LogP contribution in [0.4, 0.5) is 10.2 Å². The Morgan fingerprint density at radius 3 is 2.85 bits per heavy atom. The van der Waals surface area contributed by atoms with Crippen LogP contribution in [0.2, 0.25) is 0 Å². The van der Waals surface area contributed by atoms with E-state index in [1.54, 1.807) is 6.07 Å². The number of anilines is 1. The van der Waals surface area contributed by atoms with E-state index in [0.29, 0.717) is 23.6 Å². The number of fused-ring (bicyclic) bond motifs is 1. The normalized spacial score (nSPS) is 29.7. The lowest BCUT2D eigenvalue weighted by Gasteiger charge is -2.22. The number of aliphatic hydroxyl groups is 3. The molecule has 6 atom stereocenters. The average Bonchev–Trinajstić information content (AvgIpc) is 3.51. The van der Waals surface area contributed by atoms with Crippen LogP contribution in [0.3, 0.4) is 0 Å². The number of aliphatic hydroxyl groups excluding tert-OH is 3. The molecule has 2 fully saturated rings. The van der Waals surface area contributed by atoms with E-state index in [2.05, 4.69) is 20.3 Å². The fraction of sp³-hybridized carbons (Fsp3) is 0.500. The fourth-order valence-corrected chi connectivity index (χ4v) is 4.55. The molecule has 2 aromatic heterocycles. The van der Waals surface area contributed by atoms with Crippen molar-refractivity contribution < 1.29 is 29.2 Å². The molecular formula is C22H26FN5O5. The zero-order chi connectivity index (χ0) is 22.9. The summed E-state index contributed by atoms with van der Waals surface area (Å²) in [7, 11) is 0. The summed E-state index contributed by atoms with van der Waals surface area (Å²) in [5.41, 5.74) is 1.70. The van der Waals surface area contributed by atoms with Crippen molar-refractivity contribution in [3.63, 3.8) is 0 Å². The van der Waals surface area contributed by atoms with E-state index < -0.39 is 31.1 Å². The van der Waals surface area contributed by atoms with Gasteiger partial charge < -0.3 is 30.1 Å². The van der Waals surface area contributed by atoms with Crippen molar-refractivity contribution in [1.29, 1.82) is 0 Å². The summed E-state index contributed by atoms with van der Waals surface area (Å²) in [5.74, 6) is 0.238. The zero-order valence-electron chi connectivity index (χ0n) is 17.8. The lowest BCUT2D eigenvalue weighted by Crippen LogP contribution is -2.33. The molecule has 0 bridgehead atoms. The summed E-state index contributed by atoms with van der Waals surface area (Å²) < 4.78 is 26.6. The monoisotopic (exact) mass is 459 g/mol. The molecule has 2 aliphatic rings. The molecule has 176 valence electrons. The van der Waals surface area contributed by atoms with Gasteiger partial charge in [0, 0.05) is 0 Å². The molecule has 0 radical (unpaired) electrons. The van der Waals surface area contributed by atoms with E-state index in [1.165, 1.54) is 29.4 Å². The van der Waals surface area contributed by atoms with Gasteiger partial charge in [-0.2, -0.15) is 0 Å². The molecule has 0 spiro atoms. The van der Waals surface area contributed by atoms with Gasteiger partial charge >= 0.3 is 0 Å². The van der Waals surface area contributed by atoms with Gasteiger partial charge in [-0.1, -0.05) is 12.1 Å². The molecule has 1 aliphatic carbocycles. The Morgan fingerprint density at radius 1 is 1.18 bits per heavy atom. The SMILES string of the molecule is OC[C@H]1O[C@@H](n2cnc3c(N[C@@H]4CCC[C@H]4OCc4cccc(F)c4)ncnc32)[C@H](O)[C@@H]1O. The number of imidazole rings is 1. The van der Waals surface area contributed by atoms with Crippen LogP contribution in [0.1, 0.15) is 31.1 Å². The Hall–Kier alpha value is -2.70. The van der Waals surface area contributed by atoms with Crippen molar-refractivity contribution >= 4 is 17.0 Å². The number of hydrogen-bond acceptors (Lipinski definition) is 9. The minimum atomic E-state index is -1.23. The Morgan fingerprint density at radius 2 is 2.06 bits per heavy atom. The molecule has 33 heavy (non-hydrogen) atoms. The minimum absolute atomic E-state index is 0.00396. The number of ether oxygens (including phenoxy) is 2. The maximum atomic E-state index is 13.4. The Kier molecular flexibility index (Phi) is 6.21. The van der Waals surface area contributed by atoms with Gasteiger partial charge in [-0.05, 0) is 37.0 Å². The van der Waals surface area contributed by atoms with Crippen molar-refractivity contribution in [2.24, 2.45) is 0 Å². The first-order valence-corrected chi connectivity index (χ1v) is 11.0. The predicted molar refractivity (Wildman–Crippen MR) is 115 cm³/mol. The third kappa shape index (κ3) is 4.30. The van der Waals surface area contributed by atoms with Gasteiger partial charge in [0.2, 0.25) is 0 Å². The quantitative estimate of drug-likeness (QED) is 0.410. The lowest BCUT2D eigenvalue weighted by atomic mass is 10.1. The third-order valence-corrected chi connectivity index (χ3v) is 6.28. The minimum Gasteiger partial charge on any atom is -0.394 e. The topological polar surface area (TPSA) is 135 Å². The van der Waals surface area contributed by atoms with Crippen LogP contribution in [0, 0.1) is 5.82 Å². The summed E-state index contributed by atoms with van der Waals surface area (Å²) in [6.45, 7) is -0.0957. The molecule has 3 heterocycles. The van der Waals surface area contributed by atoms with Gasteiger partial charge in [-0.25, -0.2) is 19.3 Å². The highest BCUT2D eigenvalue weighted by Gasteiger charge is 2.44. The van der Waals surface area contributed by atoms with Crippen molar-refractivity contribution in [1.82, 2.24) is 19.5 Å². The molecule has 1 aromatic carbocycles. The van der Waals surface area contributed by atoms with Crippen LogP contribution in [-0.2, 0) is 16.1 Å². The van der Waals surface area contributed by atoms with Crippen LogP contribution >= 0.6 is 0 Å². The van der Waals surface area contributed by atoms with E-state index in [1.807, 2.05) is 6.07 Å². The predicted octanol–water partition coefficient (Wildman–Crippen LogP) is 1.13. The van der Waals surface area contributed by atoms with Gasteiger partial charge in [0.25, 0.3) is 0 Å². The van der Waals surface area contributed by atoms with Gasteiger partial charge in [0.1, 0.15) is 30.5 Å². The second kappa shape index (κ2) is 9.27. The van der Waals surface area contributed by atoms with E-state index in [9.17, 15) is 19.7 Å². The number of hydrogen-bond donors (Lipinski definition) is 4. The number of rotatable bonds is 7. The Balaban J connectivity index is 1.32. The molecule has 4 N–H and O–H groups in total. The molecule has 0 unspecified atom stereocenters. The van der Waals surface area contributed by atoms with Crippen LogP contribution in [0.15, 0.2) is 36.9 Å². The Labute approximate surface area is 189 Å². The summed E-state index contributed by atoms with van der Waals surface area (Å²) in [6.07, 6.45) is 1.26. The van der Waals surface area contributed by atoms with Crippen LogP contribution < -0.4 is 5.32 Å². The fourth-order valence-electron chi connectivity index (χ4n) is 4.55. The van der Waals surface area contributed by atoms with Crippen molar-refractivity contribution in [2.45, 2.75) is 62.6 Å². The number of nitrogens with one attached hydrogen (secondary N) is 1. The standard InChI is InChI=1S/C22H26FN5O5/c23-13-4-1-3-12(7-13)9-32-15-6-2-5-14(15)27-20-17-21(25-10-24-20)28(11-26-17)22-19(31)18(30)16(8-29)33-22/h1,3-4,7,10-11,14-16,18-19,22,29-31H,2,5-6,8-9H2,(H,24,25,27)/t14-,15-,16-,18-,19-,22-/m1/s1. The first-order valence-electron chi connectivity index (χ1n) is 11.0. The largest absolute Gasteiger partial charge is 0.394 e. The number of benzene rings is 1. The number of nitrogens with zero attached hydrogens (tertiary/aromatic N) is 4. The molecular weight excluding hydrogens is 433 g/mol. The highest BCUT2D eigenvalue weighted by molar-refractivity contribution is 5.82. The van der Waals surface area contributed by atoms with Crippen LogP contribution in [-0.4, -0.2) is 71.9 Å². The second-order valence-corrected chi connectivity index (χ2v) is 8.44. The summed E-state index contributed by atoms with van der Waals surface area (Å²) in [6, 6.07) is 6.37. The van der Waals surface area contributed by atoms with Crippen molar-refractivity contribution in [2.75, 3.05) is 11.9 Å². The first-order chi connectivity index (χ1) is 16.0. The number of aromatic nitrogens is 4. The van der Waals surface area contributed by atoms with Crippen LogP contribution in [0.5, 0.6) is 0 Å². The van der Waals surface area contributed by atoms with Gasteiger partial charge in [0.05, 0.1) is 31.7 Å². The van der Waals surface area contributed by atoms with Crippen molar-refractivity contribution in [3.8, 4) is 0 Å². The molecule has 1 saturated carbocycles. The van der Waals surface area contributed by atoms with Gasteiger partial charge in [0.15, 0.2) is 23.2 Å². The summed E-state index contributed by atoms with van der Waals surface area (Å²) in [5, 5.41) is 33.2. The number of halogens is 1. The molecule has 11 heteroatoms. The highest BCUT2D eigenvalue weighted by Crippen LogP contribution is 2.33. The zero-order valence-corrected chi connectivity index (χ0v) is 17.8.